The molecule has 2 atom stereocenters. The Hall–Kier alpha value is -0.120. The lowest BCUT2D eigenvalue weighted by molar-refractivity contribution is 0.107. The summed E-state index contributed by atoms with van der Waals surface area (Å²) in [5.41, 5.74) is 0. The van der Waals surface area contributed by atoms with E-state index in [0.29, 0.717) is 0 Å². The molecule has 3 nitrogen and oxygen atoms in total. The number of nitrogens with zero attached hydrogens (tertiary/aromatic N) is 3. The van der Waals surface area contributed by atoms with Gasteiger partial charge in [-0.05, 0) is 33.9 Å². The zero-order valence-corrected chi connectivity index (χ0v) is 10.4. The minimum atomic E-state index is 0.724. The summed E-state index contributed by atoms with van der Waals surface area (Å²) in [5.74, 6) is 0. The molecule has 0 bridgehead atoms. The molecular formula is C12H25N3. The maximum absolute atomic E-state index is 2.63. The van der Waals surface area contributed by atoms with E-state index in [-0.39, 0.29) is 0 Å². The van der Waals surface area contributed by atoms with Gasteiger partial charge in [0, 0.05) is 44.8 Å². The molecule has 0 aromatic rings. The lowest BCUT2D eigenvalue weighted by atomic mass is 10.2. The fourth-order valence-corrected chi connectivity index (χ4v) is 2.43. The Morgan fingerprint density at radius 1 is 1.13 bits per heavy atom. The molecule has 0 N–H and O–H groups in total. The largest absolute Gasteiger partial charge is 0.301 e. The quantitative estimate of drug-likeness (QED) is 0.634. The van der Waals surface area contributed by atoms with Crippen molar-refractivity contribution < 1.29 is 0 Å². The standard InChI is InChI=1S/C12H25N3/c1-11(2)15-8-6-14(7-9-15)5-4-12-10-13(12)3/h11-12H,4-10H2,1-3H3. The first kappa shape index (κ1) is 11.4. The summed E-state index contributed by atoms with van der Waals surface area (Å²) in [6, 6.07) is 1.62. The summed E-state index contributed by atoms with van der Waals surface area (Å²) >= 11 is 0. The highest BCUT2D eigenvalue weighted by atomic mass is 15.3. The van der Waals surface area contributed by atoms with E-state index >= 15 is 0 Å². The first-order chi connectivity index (χ1) is 7.16. The summed E-state index contributed by atoms with van der Waals surface area (Å²) in [7, 11) is 2.22. The molecule has 0 amide bonds. The molecule has 0 saturated carbocycles. The molecule has 2 aliphatic heterocycles. The van der Waals surface area contributed by atoms with E-state index in [1.165, 1.54) is 45.7 Å². The predicted octanol–water partition coefficient (Wildman–Crippen LogP) is 0.717. The van der Waals surface area contributed by atoms with Gasteiger partial charge in [-0.25, -0.2) is 0 Å². The van der Waals surface area contributed by atoms with Crippen molar-refractivity contribution in [1.82, 2.24) is 14.7 Å². The van der Waals surface area contributed by atoms with Gasteiger partial charge in [-0.3, -0.25) is 4.90 Å². The number of hydrogen-bond acceptors (Lipinski definition) is 3. The van der Waals surface area contributed by atoms with Crippen LogP contribution in [-0.2, 0) is 0 Å². The fourth-order valence-electron chi connectivity index (χ4n) is 2.43. The zero-order valence-electron chi connectivity index (χ0n) is 10.4. The second-order valence-electron chi connectivity index (χ2n) is 5.35. The van der Waals surface area contributed by atoms with E-state index in [1.807, 2.05) is 0 Å². The Labute approximate surface area is 94.0 Å². The van der Waals surface area contributed by atoms with Crippen molar-refractivity contribution in [3.63, 3.8) is 0 Å². The summed E-state index contributed by atoms with van der Waals surface area (Å²) in [4.78, 5) is 7.65. The third kappa shape index (κ3) is 3.16. The van der Waals surface area contributed by atoms with Gasteiger partial charge in [-0.2, -0.15) is 0 Å². The Morgan fingerprint density at radius 2 is 1.73 bits per heavy atom. The first-order valence-electron chi connectivity index (χ1n) is 6.33. The zero-order chi connectivity index (χ0) is 10.8. The summed E-state index contributed by atoms with van der Waals surface area (Å²) < 4.78 is 0. The third-order valence-electron chi connectivity index (χ3n) is 3.90. The number of likely N-dealkylation sites (N-methyl/N-ethyl adjacent to an activating group) is 1. The molecule has 0 radical (unpaired) electrons. The highest BCUT2D eigenvalue weighted by Gasteiger charge is 2.29. The van der Waals surface area contributed by atoms with Gasteiger partial charge in [-0.1, -0.05) is 0 Å². The molecular weight excluding hydrogens is 186 g/mol. The second kappa shape index (κ2) is 4.81. The van der Waals surface area contributed by atoms with E-state index in [9.17, 15) is 0 Å². The summed E-state index contributed by atoms with van der Waals surface area (Å²) in [6.45, 7) is 12.3. The maximum atomic E-state index is 2.63. The normalized spacial score (nSPS) is 33.6. The van der Waals surface area contributed by atoms with Gasteiger partial charge in [-0.15, -0.1) is 0 Å². The molecule has 2 unspecified atom stereocenters. The van der Waals surface area contributed by atoms with Crippen LogP contribution in [0, 0.1) is 0 Å². The highest BCUT2D eigenvalue weighted by molar-refractivity contribution is 4.87. The van der Waals surface area contributed by atoms with Crippen LogP contribution in [0.15, 0.2) is 0 Å². The topological polar surface area (TPSA) is 9.49 Å². The van der Waals surface area contributed by atoms with Gasteiger partial charge >= 0.3 is 0 Å². The van der Waals surface area contributed by atoms with Crippen LogP contribution in [0.3, 0.4) is 0 Å². The van der Waals surface area contributed by atoms with Gasteiger partial charge in [0.25, 0.3) is 0 Å². The van der Waals surface area contributed by atoms with Crippen molar-refractivity contribution in [2.75, 3.05) is 46.3 Å². The SMILES string of the molecule is CC(C)N1CCN(CCC2CN2C)CC1. The van der Waals surface area contributed by atoms with Crippen LogP contribution in [-0.4, -0.2) is 73.1 Å². The smallest absolute Gasteiger partial charge is 0.0232 e. The van der Waals surface area contributed by atoms with E-state index in [1.54, 1.807) is 0 Å². The van der Waals surface area contributed by atoms with Crippen LogP contribution in [0.25, 0.3) is 0 Å². The molecule has 2 aliphatic rings. The lowest BCUT2D eigenvalue weighted by Gasteiger charge is -2.36. The van der Waals surface area contributed by atoms with E-state index in [4.69, 9.17) is 0 Å². The molecule has 3 heteroatoms. The summed E-state index contributed by atoms with van der Waals surface area (Å²) in [5, 5.41) is 0. The molecule has 2 saturated heterocycles. The molecule has 2 heterocycles. The molecule has 15 heavy (non-hydrogen) atoms. The van der Waals surface area contributed by atoms with Crippen molar-refractivity contribution in [3.05, 3.63) is 0 Å². The average Bonchev–Trinajstić information content (AvgIpc) is 2.92. The van der Waals surface area contributed by atoms with Crippen molar-refractivity contribution >= 4 is 0 Å². The molecule has 2 rings (SSSR count). The highest BCUT2D eigenvalue weighted by Crippen LogP contribution is 2.18. The van der Waals surface area contributed by atoms with Crippen LogP contribution in [0.2, 0.25) is 0 Å². The van der Waals surface area contributed by atoms with Gasteiger partial charge in [0.15, 0.2) is 0 Å². The van der Waals surface area contributed by atoms with Crippen molar-refractivity contribution in [2.24, 2.45) is 0 Å². The third-order valence-corrected chi connectivity index (χ3v) is 3.90. The minimum absolute atomic E-state index is 0.724. The number of rotatable bonds is 4. The molecule has 0 aromatic carbocycles. The Morgan fingerprint density at radius 3 is 2.20 bits per heavy atom. The molecule has 0 spiro atoms. The molecule has 88 valence electrons. The predicted molar refractivity (Wildman–Crippen MR) is 64.2 cm³/mol. The summed E-state index contributed by atoms with van der Waals surface area (Å²) in [6.07, 6.45) is 1.37. The molecule has 0 aromatic heterocycles. The fraction of sp³-hybridized carbons (Fsp3) is 1.00. The maximum Gasteiger partial charge on any atom is 0.0232 e. The molecule has 0 aliphatic carbocycles. The van der Waals surface area contributed by atoms with Gasteiger partial charge in [0.05, 0.1) is 0 Å². The van der Waals surface area contributed by atoms with E-state index in [0.717, 1.165) is 12.1 Å². The molecule has 2 fully saturated rings. The van der Waals surface area contributed by atoms with Crippen LogP contribution in [0.5, 0.6) is 0 Å². The number of hydrogen-bond donors (Lipinski definition) is 0. The van der Waals surface area contributed by atoms with Crippen molar-refractivity contribution in [1.29, 1.82) is 0 Å². The van der Waals surface area contributed by atoms with Gasteiger partial charge in [0.1, 0.15) is 0 Å². The van der Waals surface area contributed by atoms with Crippen LogP contribution < -0.4 is 0 Å². The van der Waals surface area contributed by atoms with Crippen molar-refractivity contribution in [3.8, 4) is 0 Å². The van der Waals surface area contributed by atoms with Crippen LogP contribution in [0.4, 0.5) is 0 Å². The van der Waals surface area contributed by atoms with Gasteiger partial charge in [0.2, 0.25) is 0 Å². The van der Waals surface area contributed by atoms with E-state index < -0.39 is 0 Å². The Balaban J connectivity index is 1.61. The average molecular weight is 211 g/mol. The van der Waals surface area contributed by atoms with Crippen LogP contribution in [0.1, 0.15) is 20.3 Å². The Bertz CT molecular complexity index is 197. The Kier molecular flexibility index (Phi) is 3.65. The van der Waals surface area contributed by atoms with E-state index in [2.05, 4.69) is 35.6 Å². The minimum Gasteiger partial charge on any atom is -0.301 e. The lowest BCUT2D eigenvalue weighted by Crippen LogP contribution is -2.49. The van der Waals surface area contributed by atoms with Crippen molar-refractivity contribution in [2.45, 2.75) is 32.4 Å². The monoisotopic (exact) mass is 211 g/mol. The second-order valence-corrected chi connectivity index (χ2v) is 5.35. The number of piperazine rings is 1. The first-order valence-corrected chi connectivity index (χ1v) is 6.33. The van der Waals surface area contributed by atoms with Crippen LogP contribution >= 0.6 is 0 Å². The van der Waals surface area contributed by atoms with Gasteiger partial charge < -0.3 is 9.80 Å².